The van der Waals surface area contributed by atoms with Gasteiger partial charge in [-0.2, -0.15) is 0 Å². The van der Waals surface area contributed by atoms with Crippen molar-refractivity contribution in [3.8, 4) is 0 Å². The third-order valence-electron chi connectivity index (χ3n) is 0.469. The van der Waals surface area contributed by atoms with Crippen LogP contribution in [0, 0.1) is 0 Å². The van der Waals surface area contributed by atoms with Gasteiger partial charge in [-0.15, -0.1) is 24.0 Å². The lowest BCUT2D eigenvalue weighted by molar-refractivity contribution is 0.240. The lowest BCUT2D eigenvalue weighted by atomic mass is 10.9. The predicted octanol–water partition coefficient (Wildman–Crippen LogP) is 1.21. The largest absolute Gasteiger partial charge is 0.668 e. The number of halogens is 1. The standard InChI is InChI=1S/2C2H5O.Al.HI/c2*1-2-3;;/h2*2H2,1H3;;1H/q2*-1;+2;. The molecule has 0 fully saturated rings. The fourth-order valence-electron chi connectivity index (χ4n) is 0.184. The summed E-state index contributed by atoms with van der Waals surface area (Å²) in [5.41, 5.74) is 0. The summed E-state index contributed by atoms with van der Waals surface area (Å²) in [7, 11) is 0. The molecule has 0 aliphatic rings. The average Bonchev–Trinajstić information content (AvgIpc) is 1.69. The molecule has 0 aliphatic carbocycles. The van der Waals surface area contributed by atoms with Crippen molar-refractivity contribution >= 4 is 39.9 Å². The molecule has 0 aromatic rings. The molecule has 0 bridgehead atoms. The highest BCUT2D eigenvalue weighted by Gasteiger charge is 1.89. The van der Waals surface area contributed by atoms with Gasteiger partial charge in [0.1, 0.15) is 0 Å². The summed E-state index contributed by atoms with van der Waals surface area (Å²) in [6.07, 6.45) is 0. The van der Waals surface area contributed by atoms with Crippen LogP contribution in [-0.4, -0.2) is 29.1 Å². The first-order valence-electron chi connectivity index (χ1n) is 2.46. The molecular weight excluding hydrogens is 234 g/mol. The van der Waals surface area contributed by atoms with Gasteiger partial charge in [-0.05, 0) is 13.8 Å². The summed E-state index contributed by atoms with van der Waals surface area (Å²) < 4.78 is 9.87. The quantitative estimate of drug-likeness (QED) is 0.421. The van der Waals surface area contributed by atoms with Gasteiger partial charge in [-0.1, -0.05) is 0 Å². The number of rotatable bonds is 4. The van der Waals surface area contributed by atoms with E-state index in [1.54, 1.807) is 0 Å². The Hall–Kier alpha value is 1.18. The Morgan fingerprint density at radius 1 is 1.12 bits per heavy atom. The Bertz CT molecular complexity index is 33.2. The van der Waals surface area contributed by atoms with Crippen LogP contribution in [0.15, 0.2) is 0 Å². The number of hydrogen-bond donors (Lipinski definition) is 0. The summed E-state index contributed by atoms with van der Waals surface area (Å²) >= 11 is -0.178. The third-order valence-corrected chi connectivity index (χ3v) is 1.41. The molecule has 0 N–H and O–H groups in total. The van der Waals surface area contributed by atoms with E-state index in [-0.39, 0.29) is 39.9 Å². The zero-order valence-corrected chi connectivity index (χ0v) is 8.70. The molecule has 0 saturated heterocycles. The zero-order valence-electron chi connectivity index (χ0n) is 5.22. The van der Waals surface area contributed by atoms with E-state index in [1.807, 2.05) is 13.8 Å². The van der Waals surface area contributed by atoms with E-state index in [2.05, 4.69) is 0 Å². The van der Waals surface area contributed by atoms with E-state index in [0.29, 0.717) is 0 Å². The first-order valence-corrected chi connectivity index (χ1v) is 3.41. The molecule has 0 heterocycles. The second kappa shape index (κ2) is 11.0. The molecule has 0 unspecified atom stereocenters. The Kier molecular flexibility index (Phi) is 16.5. The molecule has 4 heteroatoms. The highest BCUT2D eigenvalue weighted by molar-refractivity contribution is 14.0. The Balaban J connectivity index is 0. The molecule has 49 valence electrons. The van der Waals surface area contributed by atoms with Crippen molar-refractivity contribution in [3.05, 3.63) is 0 Å². The number of hydrogen-bond acceptors (Lipinski definition) is 2. The van der Waals surface area contributed by atoms with E-state index < -0.39 is 0 Å². The molecule has 0 aromatic heterocycles. The maximum atomic E-state index is 4.94. The van der Waals surface area contributed by atoms with Crippen LogP contribution in [0.25, 0.3) is 0 Å². The summed E-state index contributed by atoms with van der Waals surface area (Å²) in [5.74, 6) is 0. The van der Waals surface area contributed by atoms with Crippen molar-refractivity contribution in [2.45, 2.75) is 13.8 Å². The molecule has 0 rings (SSSR count). The van der Waals surface area contributed by atoms with E-state index >= 15 is 0 Å². The first kappa shape index (κ1) is 11.9. The van der Waals surface area contributed by atoms with Crippen molar-refractivity contribution in [1.29, 1.82) is 0 Å². The van der Waals surface area contributed by atoms with Crippen molar-refractivity contribution < 1.29 is 7.58 Å². The van der Waals surface area contributed by atoms with Gasteiger partial charge in [-0.25, -0.2) is 0 Å². The van der Waals surface area contributed by atoms with Crippen LogP contribution in [0.2, 0.25) is 0 Å². The van der Waals surface area contributed by atoms with Crippen LogP contribution < -0.4 is 0 Å². The van der Waals surface area contributed by atoms with Crippen LogP contribution >= 0.6 is 24.0 Å². The van der Waals surface area contributed by atoms with Gasteiger partial charge in [0.25, 0.3) is 0 Å². The lowest BCUT2D eigenvalue weighted by Crippen LogP contribution is -2.02. The SMILES string of the molecule is CC[O][Al][O]CC.I. The van der Waals surface area contributed by atoms with E-state index in [4.69, 9.17) is 7.58 Å². The van der Waals surface area contributed by atoms with Gasteiger partial charge < -0.3 is 7.58 Å². The highest BCUT2D eigenvalue weighted by atomic mass is 127. The second-order valence-corrected chi connectivity index (χ2v) is 1.87. The molecular formula is C4H11AlIO2. The Morgan fingerprint density at radius 3 is 1.75 bits per heavy atom. The molecule has 8 heavy (non-hydrogen) atoms. The van der Waals surface area contributed by atoms with Gasteiger partial charge >= 0.3 is 15.9 Å². The molecule has 0 aliphatic heterocycles. The Morgan fingerprint density at radius 2 is 1.50 bits per heavy atom. The van der Waals surface area contributed by atoms with E-state index in [9.17, 15) is 0 Å². The van der Waals surface area contributed by atoms with Crippen molar-refractivity contribution in [1.82, 2.24) is 0 Å². The monoisotopic (exact) mass is 245 g/mol. The van der Waals surface area contributed by atoms with Crippen LogP contribution in [0.4, 0.5) is 0 Å². The topological polar surface area (TPSA) is 18.5 Å². The summed E-state index contributed by atoms with van der Waals surface area (Å²) in [6, 6.07) is 0. The Labute approximate surface area is 74.3 Å². The van der Waals surface area contributed by atoms with Gasteiger partial charge in [0.2, 0.25) is 0 Å². The smallest absolute Gasteiger partial charge is 0.484 e. The molecule has 0 aromatic carbocycles. The zero-order chi connectivity index (χ0) is 5.54. The minimum Gasteiger partial charge on any atom is -0.484 e. The van der Waals surface area contributed by atoms with Crippen molar-refractivity contribution in [2.24, 2.45) is 0 Å². The van der Waals surface area contributed by atoms with Crippen LogP contribution in [0.5, 0.6) is 0 Å². The van der Waals surface area contributed by atoms with Crippen molar-refractivity contribution in [2.75, 3.05) is 13.2 Å². The molecule has 0 atom stereocenters. The van der Waals surface area contributed by atoms with E-state index in [0.717, 1.165) is 13.2 Å². The van der Waals surface area contributed by atoms with Crippen LogP contribution in [-0.2, 0) is 7.58 Å². The van der Waals surface area contributed by atoms with Gasteiger partial charge in [0.15, 0.2) is 0 Å². The molecule has 1 radical (unpaired) electrons. The van der Waals surface area contributed by atoms with E-state index in [1.165, 1.54) is 0 Å². The van der Waals surface area contributed by atoms with Crippen molar-refractivity contribution in [3.63, 3.8) is 0 Å². The normalized spacial score (nSPS) is 7.75. The fraction of sp³-hybridized carbons (Fsp3) is 1.00. The average molecular weight is 245 g/mol. The summed E-state index contributed by atoms with van der Waals surface area (Å²) in [4.78, 5) is 0. The van der Waals surface area contributed by atoms with Gasteiger partial charge in [0.05, 0.1) is 0 Å². The maximum Gasteiger partial charge on any atom is 0.668 e. The highest BCUT2D eigenvalue weighted by Crippen LogP contribution is 1.70. The maximum absolute atomic E-state index is 4.94. The van der Waals surface area contributed by atoms with Gasteiger partial charge in [-0.3, -0.25) is 0 Å². The fourth-order valence-corrected chi connectivity index (χ4v) is 0.553. The molecule has 0 saturated carbocycles. The minimum absolute atomic E-state index is 0. The predicted molar refractivity (Wildman–Crippen MR) is 44.4 cm³/mol. The summed E-state index contributed by atoms with van der Waals surface area (Å²) in [6.45, 7) is 5.47. The lowest BCUT2D eigenvalue weighted by Gasteiger charge is -1.95. The molecule has 2 nitrogen and oxygen atoms in total. The molecule has 0 spiro atoms. The summed E-state index contributed by atoms with van der Waals surface area (Å²) in [5, 5.41) is 0. The van der Waals surface area contributed by atoms with Crippen LogP contribution in [0.3, 0.4) is 0 Å². The van der Waals surface area contributed by atoms with Crippen LogP contribution in [0.1, 0.15) is 13.8 Å². The second-order valence-electron chi connectivity index (χ2n) is 1.01. The molecule has 0 amide bonds. The van der Waals surface area contributed by atoms with Gasteiger partial charge in [0, 0.05) is 13.2 Å². The minimum atomic E-state index is -0.178. The third kappa shape index (κ3) is 10.2. The first-order chi connectivity index (χ1) is 3.41.